The molecular formula is C68H87Cl3I3N8O3-. The molecule has 3 aromatic carbocycles. The number of benzene rings is 3. The maximum atomic E-state index is 12.9. The van der Waals surface area contributed by atoms with Crippen molar-refractivity contribution in [3.05, 3.63) is 193 Å². The molecule has 4 saturated heterocycles. The van der Waals surface area contributed by atoms with Gasteiger partial charge in [-0.1, -0.05) is 89.4 Å². The number of aromatic nitrogens is 3. The van der Waals surface area contributed by atoms with Crippen LogP contribution in [0.4, 0.5) is 0 Å². The summed E-state index contributed by atoms with van der Waals surface area (Å²) < 4.78 is 6.62. The molecule has 4 aliphatic heterocycles. The van der Waals surface area contributed by atoms with Crippen molar-refractivity contribution in [1.29, 1.82) is 0 Å². The van der Waals surface area contributed by atoms with Crippen molar-refractivity contribution in [3.63, 3.8) is 0 Å². The summed E-state index contributed by atoms with van der Waals surface area (Å²) in [4.78, 5) is 39.1. The fourth-order valence-corrected chi connectivity index (χ4v) is 12.5. The zero-order valence-electron chi connectivity index (χ0n) is 50.7. The minimum absolute atomic E-state index is 0.0216. The average Bonchev–Trinajstić information content (AvgIpc) is 4.12. The second-order valence-corrected chi connectivity index (χ2v) is 42.1. The van der Waals surface area contributed by atoms with Crippen molar-refractivity contribution in [2.45, 2.75) is 122 Å². The number of ether oxygens (including phenoxy) is 1. The molecule has 3 aromatic heterocycles. The number of Topliss-reactive ketones (excluding diaryl/α,β-unsaturated/α-hetero) is 1. The van der Waals surface area contributed by atoms with Crippen molar-refractivity contribution in [2.24, 2.45) is 22.7 Å². The number of carbonyl (C=O) groups excluding carboxylic acids is 1. The van der Waals surface area contributed by atoms with Gasteiger partial charge in [-0.15, -0.1) is 0 Å². The SMILES string of the molecule is CN1CCC(C(=NC(C)(C)CO)c2ncccc2CCc2cccc(Cl)c2)CC1.CN1CCC(C(=O)c2ncccc2CCc2cccc(Cl)c2)CC1.CN1CCC(C2(c3ncccc3CCc3cccc(Cl)c3)NC(C)(C)CO2)CC1.I[I-]I. The van der Waals surface area contributed by atoms with Crippen LogP contribution in [-0.4, -0.2) is 131 Å². The van der Waals surface area contributed by atoms with E-state index in [1.54, 1.807) is 6.20 Å². The second-order valence-electron chi connectivity index (χ2n) is 24.6. The van der Waals surface area contributed by atoms with Crippen LogP contribution in [0.5, 0.6) is 0 Å². The summed E-state index contributed by atoms with van der Waals surface area (Å²) in [6, 6.07) is 36.4. The molecule has 0 amide bonds. The summed E-state index contributed by atoms with van der Waals surface area (Å²) >= 11 is 23.7. The van der Waals surface area contributed by atoms with E-state index >= 15 is 0 Å². The number of halogens is 6. The van der Waals surface area contributed by atoms with Gasteiger partial charge in [-0.2, -0.15) is 0 Å². The molecule has 4 aliphatic rings. The van der Waals surface area contributed by atoms with Crippen molar-refractivity contribution in [3.8, 4) is 0 Å². The van der Waals surface area contributed by atoms with Crippen LogP contribution >= 0.6 is 72.0 Å². The molecule has 0 aliphatic carbocycles. The van der Waals surface area contributed by atoms with E-state index in [2.05, 4.69) is 134 Å². The Kier molecular flexibility index (Phi) is 28.3. The third-order valence-electron chi connectivity index (χ3n) is 16.7. The van der Waals surface area contributed by atoms with E-state index in [1.807, 2.05) is 99.0 Å². The van der Waals surface area contributed by atoms with Gasteiger partial charge in [-0.3, -0.25) is 30.1 Å². The minimum atomic E-state index is -0.513. The first-order chi connectivity index (χ1) is 40.8. The molecule has 460 valence electrons. The van der Waals surface area contributed by atoms with E-state index in [0.717, 1.165) is 154 Å². The molecule has 2 N–H and O–H groups in total. The maximum absolute atomic E-state index is 12.9. The van der Waals surface area contributed by atoms with Gasteiger partial charge >= 0.3 is 50.5 Å². The summed E-state index contributed by atoms with van der Waals surface area (Å²) in [5.74, 6) is 1.11. The topological polar surface area (TPSA) is 119 Å². The molecule has 85 heavy (non-hydrogen) atoms. The molecule has 0 spiro atoms. The molecule has 0 radical (unpaired) electrons. The van der Waals surface area contributed by atoms with Gasteiger partial charge in [0.2, 0.25) is 0 Å². The number of likely N-dealkylation sites (tertiary alicyclic amines) is 3. The van der Waals surface area contributed by atoms with Gasteiger partial charge in [0.25, 0.3) is 0 Å². The zero-order valence-corrected chi connectivity index (χ0v) is 59.4. The van der Waals surface area contributed by atoms with Gasteiger partial charge in [-0.25, -0.2) is 0 Å². The van der Waals surface area contributed by atoms with Gasteiger partial charge in [0.1, 0.15) is 5.69 Å². The second kappa shape index (κ2) is 34.5. The number of aryl methyl sites for hydroxylation is 6. The first kappa shape index (κ1) is 69.7. The van der Waals surface area contributed by atoms with E-state index in [0.29, 0.717) is 37.4 Å². The van der Waals surface area contributed by atoms with Crippen LogP contribution in [0.2, 0.25) is 15.1 Å². The number of aliphatic hydroxyl groups is 1. The number of hydrogen-bond donors (Lipinski definition) is 2. The Labute approximate surface area is 552 Å². The van der Waals surface area contributed by atoms with Crippen LogP contribution in [0.15, 0.2) is 133 Å². The van der Waals surface area contributed by atoms with Crippen molar-refractivity contribution >= 4 is 83.5 Å². The van der Waals surface area contributed by atoms with Crippen LogP contribution in [0.1, 0.15) is 121 Å². The number of hydrogen-bond acceptors (Lipinski definition) is 11. The van der Waals surface area contributed by atoms with E-state index in [9.17, 15) is 9.90 Å². The molecule has 11 nitrogen and oxygen atoms in total. The van der Waals surface area contributed by atoms with Crippen molar-refractivity contribution < 1.29 is 27.9 Å². The molecule has 6 aromatic rings. The van der Waals surface area contributed by atoms with Crippen molar-refractivity contribution in [2.75, 3.05) is 73.6 Å². The predicted octanol–water partition coefficient (Wildman–Crippen LogP) is 11.7. The van der Waals surface area contributed by atoms with Gasteiger partial charge in [0.05, 0.1) is 35.9 Å². The van der Waals surface area contributed by atoms with E-state index < -0.39 is 11.3 Å². The number of aliphatic imine (C=N–C) groups is 1. The van der Waals surface area contributed by atoms with E-state index in [-0.39, 0.29) is 23.8 Å². The molecule has 0 bridgehead atoms. The number of pyridine rings is 3. The van der Waals surface area contributed by atoms with Gasteiger partial charge in [0, 0.05) is 57.0 Å². The molecular weight excluding hydrogens is 1460 g/mol. The first-order valence-corrected chi connectivity index (χ1v) is 43.7. The Balaban J connectivity index is 0.000000179. The Morgan fingerprint density at radius 2 is 1.04 bits per heavy atom. The predicted molar refractivity (Wildman–Crippen MR) is 365 cm³/mol. The standard InChI is InChI=1S/2C24H32ClN3O.C20H23ClN2O.I3/c1-23(2)17-29-24(27-23,20-11-14-28(3)15-12-20)22-19(7-5-13-26-22)10-9-18-6-4-8-21(25)16-18;1-24(2,17-29)27-23(20-11-14-28(3)15-12-20)22-19(7-5-13-26-22)10-9-18-6-4-8-21(25)16-18;1-23-12-9-17(10-13-23)20(24)19-16(5-3-11-22-19)8-7-15-4-2-6-18(21)14-15;1-3-2/h4-8,13,16,20,27H,9-12,14-15,17H2,1-3H3;4-8,13,16,20,29H,9-12,14-15,17H2,1-3H3;2-6,11,14,17H,7-10,12-13H2,1H3;/q;;;-1. The van der Waals surface area contributed by atoms with Gasteiger partial charge in [0.15, 0.2) is 11.5 Å². The first-order valence-electron chi connectivity index (χ1n) is 30.0. The molecule has 1 atom stereocenters. The molecule has 4 fully saturated rings. The summed E-state index contributed by atoms with van der Waals surface area (Å²) in [6.07, 6.45) is 17.0. The molecule has 1 unspecified atom stereocenters. The quantitative estimate of drug-likeness (QED) is 0.0519. The normalized spacial score (nSPS) is 19.3. The van der Waals surface area contributed by atoms with E-state index in [1.165, 1.54) is 27.8 Å². The average molecular weight is 1550 g/mol. The fourth-order valence-electron chi connectivity index (χ4n) is 11.9. The molecule has 0 saturated carbocycles. The van der Waals surface area contributed by atoms with Crippen LogP contribution in [0, 0.1) is 17.8 Å². The molecule has 10 rings (SSSR count). The molecule has 17 heteroatoms. The Morgan fingerprint density at radius 3 is 1.48 bits per heavy atom. The van der Waals surface area contributed by atoms with E-state index in [4.69, 9.17) is 54.5 Å². The number of carbonyl (C=O) groups is 1. The monoisotopic (exact) mass is 1550 g/mol. The number of aliphatic hydroxyl groups excluding tert-OH is 1. The van der Waals surface area contributed by atoms with Crippen LogP contribution in [0.25, 0.3) is 0 Å². The van der Waals surface area contributed by atoms with Gasteiger partial charge < -0.3 is 24.5 Å². The number of ketones is 1. The fraction of sp³-hybridized carbons (Fsp3) is 0.485. The Bertz CT molecular complexity index is 3080. The van der Waals surface area contributed by atoms with Gasteiger partial charge in [-0.05, 0) is 253 Å². The summed E-state index contributed by atoms with van der Waals surface area (Å²) in [6.45, 7) is 15.4. The number of rotatable bonds is 17. The third kappa shape index (κ3) is 21.5. The van der Waals surface area contributed by atoms with Crippen molar-refractivity contribution in [1.82, 2.24) is 35.0 Å². The van der Waals surface area contributed by atoms with Crippen LogP contribution in [0.3, 0.4) is 0 Å². The zero-order chi connectivity index (χ0) is 61.0. The molecule has 7 heterocycles. The Hall–Kier alpha value is -2.73. The number of nitrogens with zero attached hydrogens (tertiary/aromatic N) is 7. The summed E-state index contributed by atoms with van der Waals surface area (Å²) in [7, 11) is 6.48. The summed E-state index contributed by atoms with van der Waals surface area (Å²) in [5.41, 5.74) is 9.87. The summed E-state index contributed by atoms with van der Waals surface area (Å²) in [5, 5.41) is 16.0. The Morgan fingerprint density at radius 1 is 0.624 bits per heavy atom. The number of piperidine rings is 3. The third-order valence-corrected chi connectivity index (χ3v) is 17.4. The number of nitrogens with one attached hydrogen (secondary N) is 1. The van der Waals surface area contributed by atoms with Crippen LogP contribution < -0.4 is 18.6 Å². The van der Waals surface area contributed by atoms with Crippen LogP contribution in [-0.2, 0) is 49.0 Å².